The summed E-state index contributed by atoms with van der Waals surface area (Å²) in [6.07, 6.45) is 0. The van der Waals surface area contributed by atoms with Gasteiger partial charge in [0.1, 0.15) is 5.75 Å². The normalized spacial score (nSPS) is 10.0. The van der Waals surface area contributed by atoms with Crippen molar-refractivity contribution in [3.05, 3.63) is 59.1 Å². The highest BCUT2D eigenvalue weighted by Crippen LogP contribution is 2.15. The summed E-state index contributed by atoms with van der Waals surface area (Å²) in [4.78, 5) is 11.9. The molecule has 2 rings (SSSR count). The summed E-state index contributed by atoms with van der Waals surface area (Å²) in [5.41, 5.74) is 1.52. The van der Waals surface area contributed by atoms with Gasteiger partial charge in [-0.2, -0.15) is 0 Å². The smallest absolute Gasteiger partial charge is 0.181 e. The SMILES string of the molecule is COc1ccc(NCC(=O)c2ccc(Cl)cc2)cc1. The number of rotatable bonds is 5. The van der Waals surface area contributed by atoms with Crippen LogP contribution in [0.2, 0.25) is 5.02 Å². The third-order valence-corrected chi connectivity index (χ3v) is 2.96. The molecular weight excluding hydrogens is 262 g/mol. The first-order valence-electron chi connectivity index (χ1n) is 5.86. The fraction of sp³-hybridized carbons (Fsp3) is 0.133. The van der Waals surface area contributed by atoms with Gasteiger partial charge in [-0.05, 0) is 48.5 Å². The van der Waals surface area contributed by atoms with Crippen molar-refractivity contribution >= 4 is 23.1 Å². The highest BCUT2D eigenvalue weighted by Gasteiger charge is 2.05. The maximum absolute atomic E-state index is 11.9. The lowest BCUT2D eigenvalue weighted by atomic mass is 10.1. The summed E-state index contributed by atoms with van der Waals surface area (Å²) in [5, 5.41) is 3.70. The second kappa shape index (κ2) is 6.25. The van der Waals surface area contributed by atoms with E-state index in [1.165, 1.54) is 0 Å². The minimum atomic E-state index is 0.0208. The fourth-order valence-electron chi connectivity index (χ4n) is 1.63. The molecule has 0 saturated heterocycles. The van der Waals surface area contributed by atoms with E-state index in [0.29, 0.717) is 10.6 Å². The molecule has 0 saturated carbocycles. The fourth-order valence-corrected chi connectivity index (χ4v) is 1.76. The molecular formula is C15H14ClNO2. The highest BCUT2D eigenvalue weighted by atomic mass is 35.5. The van der Waals surface area contributed by atoms with Crippen LogP contribution in [-0.4, -0.2) is 19.4 Å². The maximum Gasteiger partial charge on any atom is 0.181 e. The first kappa shape index (κ1) is 13.4. The lowest BCUT2D eigenvalue weighted by molar-refractivity contribution is 0.101. The average Bonchev–Trinajstić information content (AvgIpc) is 2.46. The largest absolute Gasteiger partial charge is 0.497 e. The van der Waals surface area contributed by atoms with Crippen LogP contribution in [0.4, 0.5) is 5.69 Å². The van der Waals surface area contributed by atoms with Crippen LogP contribution in [0.1, 0.15) is 10.4 Å². The van der Waals surface area contributed by atoms with Crippen molar-refractivity contribution in [3.63, 3.8) is 0 Å². The number of anilines is 1. The molecule has 0 bridgehead atoms. The van der Waals surface area contributed by atoms with Gasteiger partial charge in [0.15, 0.2) is 5.78 Å². The lowest BCUT2D eigenvalue weighted by Crippen LogP contribution is -2.13. The van der Waals surface area contributed by atoms with E-state index in [1.807, 2.05) is 24.3 Å². The number of hydrogen-bond donors (Lipinski definition) is 1. The molecule has 0 aliphatic carbocycles. The van der Waals surface area contributed by atoms with Crippen LogP contribution in [0.25, 0.3) is 0 Å². The molecule has 19 heavy (non-hydrogen) atoms. The summed E-state index contributed by atoms with van der Waals surface area (Å²) in [6.45, 7) is 0.244. The molecule has 0 aliphatic heterocycles. The van der Waals surface area contributed by atoms with Gasteiger partial charge in [0.05, 0.1) is 13.7 Å². The van der Waals surface area contributed by atoms with Crippen LogP contribution >= 0.6 is 11.6 Å². The first-order chi connectivity index (χ1) is 9.19. The van der Waals surface area contributed by atoms with Crippen molar-refractivity contribution in [1.82, 2.24) is 0 Å². The van der Waals surface area contributed by atoms with Crippen molar-refractivity contribution in [3.8, 4) is 5.75 Å². The van der Waals surface area contributed by atoms with Gasteiger partial charge in [-0.15, -0.1) is 0 Å². The van der Waals surface area contributed by atoms with Gasteiger partial charge in [0.25, 0.3) is 0 Å². The molecule has 0 aromatic heterocycles. The summed E-state index contributed by atoms with van der Waals surface area (Å²) in [6, 6.07) is 14.3. The van der Waals surface area contributed by atoms with E-state index in [0.717, 1.165) is 11.4 Å². The molecule has 1 N–H and O–H groups in total. The van der Waals surface area contributed by atoms with E-state index in [4.69, 9.17) is 16.3 Å². The number of nitrogens with one attached hydrogen (secondary N) is 1. The van der Waals surface area contributed by atoms with Crippen molar-refractivity contribution in [2.45, 2.75) is 0 Å². The van der Waals surface area contributed by atoms with E-state index >= 15 is 0 Å². The van der Waals surface area contributed by atoms with Gasteiger partial charge in [0, 0.05) is 16.3 Å². The monoisotopic (exact) mass is 275 g/mol. The third kappa shape index (κ3) is 3.73. The number of methoxy groups -OCH3 is 1. The molecule has 0 fully saturated rings. The standard InChI is InChI=1S/C15H14ClNO2/c1-19-14-8-6-13(7-9-14)17-10-15(18)11-2-4-12(16)5-3-11/h2-9,17H,10H2,1H3. The Morgan fingerprint density at radius 1 is 1.11 bits per heavy atom. The van der Waals surface area contributed by atoms with Gasteiger partial charge in [-0.1, -0.05) is 11.6 Å². The van der Waals surface area contributed by atoms with Gasteiger partial charge >= 0.3 is 0 Å². The number of halogens is 1. The van der Waals surface area contributed by atoms with E-state index < -0.39 is 0 Å². The van der Waals surface area contributed by atoms with Crippen LogP contribution in [0.15, 0.2) is 48.5 Å². The molecule has 0 aliphatic rings. The van der Waals surface area contributed by atoms with Crippen LogP contribution in [-0.2, 0) is 0 Å². The quantitative estimate of drug-likeness (QED) is 0.847. The number of carbonyl (C=O) groups is 1. The molecule has 98 valence electrons. The summed E-state index contributed by atoms with van der Waals surface area (Å²) >= 11 is 5.78. The second-order valence-corrected chi connectivity index (χ2v) is 4.45. The Balaban J connectivity index is 1.94. The Kier molecular flexibility index (Phi) is 4.42. The predicted molar refractivity (Wildman–Crippen MR) is 77.3 cm³/mol. The van der Waals surface area contributed by atoms with Crippen LogP contribution in [0.3, 0.4) is 0 Å². The molecule has 0 amide bonds. The van der Waals surface area contributed by atoms with E-state index in [-0.39, 0.29) is 12.3 Å². The van der Waals surface area contributed by atoms with E-state index in [9.17, 15) is 4.79 Å². The van der Waals surface area contributed by atoms with Gasteiger partial charge in [-0.3, -0.25) is 4.79 Å². The zero-order valence-corrected chi connectivity index (χ0v) is 11.3. The Morgan fingerprint density at radius 2 is 1.74 bits per heavy atom. The zero-order chi connectivity index (χ0) is 13.7. The number of ketones is 1. The third-order valence-electron chi connectivity index (χ3n) is 2.71. The number of benzene rings is 2. The van der Waals surface area contributed by atoms with Crippen LogP contribution < -0.4 is 10.1 Å². The Labute approximate surface area is 117 Å². The van der Waals surface area contributed by atoms with Gasteiger partial charge < -0.3 is 10.1 Å². The minimum absolute atomic E-state index is 0.0208. The minimum Gasteiger partial charge on any atom is -0.497 e. The highest BCUT2D eigenvalue weighted by molar-refractivity contribution is 6.30. The molecule has 0 heterocycles. The van der Waals surface area contributed by atoms with E-state index in [1.54, 1.807) is 31.4 Å². The molecule has 2 aromatic carbocycles. The van der Waals surface area contributed by atoms with Crippen LogP contribution in [0.5, 0.6) is 5.75 Å². The Morgan fingerprint density at radius 3 is 2.32 bits per heavy atom. The summed E-state index contributed by atoms with van der Waals surface area (Å²) in [7, 11) is 1.62. The first-order valence-corrected chi connectivity index (χ1v) is 6.23. The maximum atomic E-state index is 11.9. The number of Topliss-reactive ketones (excluding diaryl/α,β-unsaturated/α-hetero) is 1. The molecule has 3 nitrogen and oxygen atoms in total. The molecule has 0 spiro atoms. The summed E-state index contributed by atoms with van der Waals surface area (Å²) in [5.74, 6) is 0.807. The predicted octanol–water partition coefficient (Wildman–Crippen LogP) is 3.64. The second-order valence-electron chi connectivity index (χ2n) is 4.01. The van der Waals surface area contributed by atoms with Crippen molar-refractivity contribution < 1.29 is 9.53 Å². The van der Waals surface area contributed by atoms with Crippen LogP contribution in [0, 0.1) is 0 Å². The number of hydrogen-bond acceptors (Lipinski definition) is 3. The average molecular weight is 276 g/mol. The zero-order valence-electron chi connectivity index (χ0n) is 10.5. The van der Waals surface area contributed by atoms with Crippen molar-refractivity contribution in [2.75, 3.05) is 19.0 Å². The van der Waals surface area contributed by atoms with Gasteiger partial charge in [-0.25, -0.2) is 0 Å². The Bertz CT molecular complexity index is 549. The lowest BCUT2D eigenvalue weighted by Gasteiger charge is -2.07. The number of ether oxygens (including phenoxy) is 1. The van der Waals surface area contributed by atoms with Gasteiger partial charge in [0.2, 0.25) is 0 Å². The molecule has 2 aromatic rings. The molecule has 0 unspecified atom stereocenters. The summed E-state index contributed by atoms with van der Waals surface area (Å²) < 4.78 is 5.07. The topological polar surface area (TPSA) is 38.3 Å². The van der Waals surface area contributed by atoms with E-state index in [2.05, 4.69) is 5.32 Å². The molecule has 0 atom stereocenters. The molecule has 4 heteroatoms. The van der Waals surface area contributed by atoms with Crippen molar-refractivity contribution in [2.24, 2.45) is 0 Å². The number of carbonyl (C=O) groups excluding carboxylic acids is 1. The molecule has 0 radical (unpaired) electrons. The Hall–Kier alpha value is -2.00. The van der Waals surface area contributed by atoms with Crippen molar-refractivity contribution in [1.29, 1.82) is 0 Å².